The largest absolute Gasteiger partial charge is 0.390 e. The van der Waals surface area contributed by atoms with E-state index in [4.69, 9.17) is 0 Å². The maximum Gasteiger partial charge on any atom is 0.327 e. The predicted octanol–water partition coefficient (Wildman–Crippen LogP) is 2.62. The summed E-state index contributed by atoms with van der Waals surface area (Å²) in [5, 5.41) is 10.1. The third kappa shape index (κ3) is 2.37. The Labute approximate surface area is 147 Å². The summed E-state index contributed by atoms with van der Waals surface area (Å²) in [6, 6.07) is 3.84. The predicted molar refractivity (Wildman–Crippen MR) is 87.8 cm³/mol. The topological polar surface area (TPSA) is 60.9 Å². The Morgan fingerprint density at radius 2 is 2.00 bits per heavy atom. The van der Waals surface area contributed by atoms with Gasteiger partial charge in [-0.05, 0) is 65.2 Å². The molecule has 128 valence electrons. The Hall–Kier alpha value is -1.47. The summed E-state index contributed by atoms with van der Waals surface area (Å²) in [5.74, 6) is -0.351. The zero-order chi connectivity index (χ0) is 17.0. The van der Waals surface area contributed by atoms with Gasteiger partial charge in [-0.25, -0.2) is 9.18 Å². The lowest BCUT2D eigenvalue weighted by molar-refractivity contribution is -0.134. The molecule has 2 heterocycles. The highest BCUT2D eigenvalue weighted by atomic mass is 79.9. The second kappa shape index (κ2) is 5.81. The molecule has 0 bridgehead atoms. The van der Waals surface area contributed by atoms with Gasteiger partial charge in [0.05, 0.1) is 10.6 Å². The lowest BCUT2D eigenvalue weighted by Gasteiger charge is -2.40. The Morgan fingerprint density at radius 3 is 2.67 bits per heavy atom. The minimum atomic E-state index is -0.760. The van der Waals surface area contributed by atoms with Gasteiger partial charge in [0.2, 0.25) is 0 Å². The molecular formula is C17H18BrFN2O3. The maximum absolute atomic E-state index is 13.3. The summed E-state index contributed by atoms with van der Waals surface area (Å²) < 4.78 is 13.8. The second-order valence-electron chi connectivity index (χ2n) is 6.83. The van der Waals surface area contributed by atoms with E-state index in [-0.39, 0.29) is 29.7 Å². The minimum Gasteiger partial charge on any atom is -0.390 e. The zero-order valence-corrected chi connectivity index (χ0v) is 14.6. The van der Waals surface area contributed by atoms with Crippen LogP contribution in [-0.2, 0) is 4.79 Å². The molecule has 0 spiro atoms. The first kappa shape index (κ1) is 16.0. The molecule has 1 aromatic carbocycles. The summed E-state index contributed by atoms with van der Waals surface area (Å²) in [7, 11) is 0. The Bertz CT molecular complexity index is 707. The van der Waals surface area contributed by atoms with Crippen molar-refractivity contribution < 1.29 is 19.1 Å². The molecule has 1 N–H and O–H groups in total. The Morgan fingerprint density at radius 1 is 1.25 bits per heavy atom. The fourth-order valence-electron chi connectivity index (χ4n) is 4.04. The van der Waals surface area contributed by atoms with E-state index >= 15 is 0 Å². The van der Waals surface area contributed by atoms with Crippen molar-refractivity contribution in [2.45, 2.75) is 49.8 Å². The lowest BCUT2D eigenvalue weighted by atomic mass is 9.75. The van der Waals surface area contributed by atoms with E-state index in [1.807, 2.05) is 0 Å². The van der Waals surface area contributed by atoms with E-state index in [0.717, 1.165) is 12.0 Å². The summed E-state index contributed by atoms with van der Waals surface area (Å²) in [5.41, 5.74) is 1.01. The van der Waals surface area contributed by atoms with Crippen molar-refractivity contribution in [1.29, 1.82) is 0 Å². The first-order valence-corrected chi connectivity index (χ1v) is 9.03. The number of nitrogens with zero attached hydrogens (tertiary/aromatic N) is 2. The normalized spacial score (nSPS) is 32.8. The van der Waals surface area contributed by atoms with Crippen molar-refractivity contribution in [2.75, 3.05) is 6.54 Å². The van der Waals surface area contributed by atoms with Crippen LogP contribution < -0.4 is 0 Å². The third-order valence-electron chi connectivity index (χ3n) is 5.43. The molecule has 1 aliphatic carbocycles. The minimum absolute atomic E-state index is 0.128. The van der Waals surface area contributed by atoms with Gasteiger partial charge in [0.25, 0.3) is 5.91 Å². The van der Waals surface area contributed by atoms with E-state index in [1.54, 1.807) is 12.1 Å². The molecule has 3 fully saturated rings. The summed E-state index contributed by atoms with van der Waals surface area (Å²) >= 11 is 3.19. The van der Waals surface area contributed by atoms with Crippen LogP contribution in [0.4, 0.5) is 9.18 Å². The van der Waals surface area contributed by atoms with Gasteiger partial charge in [0.15, 0.2) is 0 Å². The summed E-state index contributed by atoms with van der Waals surface area (Å²) in [6.45, 7) is 0.532. The van der Waals surface area contributed by atoms with Crippen LogP contribution in [0, 0.1) is 5.82 Å². The highest BCUT2D eigenvalue weighted by Gasteiger charge is 2.54. The zero-order valence-electron chi connectivity index (χ0n) is 13.0. The number of aliphatic hydroxyl groups excluding tert-OH is 1. The molecule has 24 heavy (non-hydrogen) atoms. The van der Waals surface area contributed by atoms with E-state index in [0.29, 0.717) is 30.3 Å². The van der Waals surface area contributed by atoms with Gasteiger partial charge in [-0.2, -0.15) is 0 Å². The van der Waals surface area contributed by atoms with Crippen molar-refractivity contribution in [1.82, 2.24) is 9.80 Å². The van der Waals surface area contributed by atoms with Gasteiger partial charge in [-0.15, -0.1) is 0 Å². The van der Waals surface area contributed by atoms with E-state index < -0.39 is 12.1 Å². The van der Waals surface area contributed by atoms with Gasteiger partial charge in [0, 0.05) is 12.6 Å². The van der Waals surface area contributed by atoms with Crippen LogP contribution in [0.2, 0.25) is 0 Å². The van der Waals surface area contributed by atoms with Crippen LogP contribution in [0.25, 0.3) is 0 Å². The molecule has 0 radical (unpaired) electrons. The maximum atomic E-state index is 13.3. The van der Waals surface area contributed by atoms with Crippen LogP contribution in [0.15, 0.2) is 22.7 Å². The van der Waals surface area contributed by atoms with Gasteiger partial charge in [-0.3, -0.25) is 9.69 Å². The van der Waals surface area contributed by atoms with Crippen LogP contribution in [-0.4, -0.2) is 51.6 Å². The standard InChI is InChI=1S/C17H18BrFN2O3/c18-12-8-9(3-4-13(12)19)10-6-11(7-10)21-16(23)15-14(22)2-1-5-20(15)17(21)24/h3-4,8,10-11,14-15,22H,1-2,5-7H2. The fraction of sp³-hybridized carbons (Fsp3) is 0.529. The number of halogens is 2. The van der Waals surface area contributed by atoms with Crippen molar-refractivity contribution >= 4 is 27.9 Å². The molecular weight excluding hydrogens is 379 g/mol. The molecule has 5 nitrogen and oxygen atoms in total. The number of imide groups is 1. The molecule has 3 aliphatic rings. The van der Waals surface area contributed by atoms with Crippen LogP contribution >= 0.6 is 15.9 Å². The van der Waals surface area contributed by atoms with Crippen LogP contribution in [0.3, 0.4) is 0 Å². The molecule has 4 rings (SSSR count). The SMILES string of the molecule is O=C1C2C(O)CCCN2C(=O)N1C1CC(c2ccc(F)c(Br)c2)C1. The first-order valence-electron chi connectivity index (χ1n) is 8.24. The second-order valence-corrected chi connectivity index (χ2v) is 7.69. The number of hydrogen-bond donors (Lipinski definition) is 1. The van der Waals surface area contributed by atoms with Gasteiger partial charge >= 0.3 is 6.03 Å². The number of fused-ring (bicyclic) bond motifs is 1. The lowest BCUT2D eigenvalue weighted by Crippen LogP contribution is -2.48. The quantitative estimate of drug-likeness (QED) is 0.781. The van der Waals surface area contributed by atoms with Gasteiger partial charge in [-0.1, -0.05) is 6.07 Å². The molecule has 1 aromatic rings. The number of urea groups is 1. The molecule has 2 aliphatic heterocycles. The van der Waals surface area contributed by atoms with E-state index in [2.05, 4.69) is 15.9 Å². The number of carbonyl (C=O) groups is 2. The van der Waals surface area contributed by atoms with Gasteiger partial charge < -0.3 is 10.0 Å². The van der Waals surface area contributed by atoms with Crippen molar-refractivity contribution in [3.63, 3.8) is 0 Å². The number of carbonyl (C=O) groups excluding carboxylic acids is 2. The van der Waals surface area contributed by atoms with Crippen LogP contribution in [0.1, 0.15) is 37.2 Å². The molecule has 0 aromatic heterocycles. The van der Waals surface area contributed by atoms with Gasteiger partial charge in [0.1, 0.15) is 11.9 Å². The highest BCUT2D eigenvalue weighted by molar-refractivity contribution is 9.10. The number of aliphatic hydroxyl groups is 1. The monoisotopic (exact) mass is 396 g/mol. The fourth-order valence-corrected chi connectivity index (χ4v) is 4.43. The smallest absolute Gasteiger partial charge is 0.327 e. The number of hydrogen-bond acceptors (Lipinski definition) is 3. The highest BCUT2D eigenvalue weighted by Crippen LogP contribution is 2.43. The van der Waals surface area contributed by atoms with Crippen LogP contribution in [0.5, 0.6) is 0 Å². The Kier molecular flexibility index (Phi) is 3.88. The molecule has 2 saturated heterocycles. The number of rotatable bonds is 2. The summed E-state index contributed by atoms with van der Waals surface area (Å²) in [4.78, 5) is 28.0. The van der Waals surface area contributed by atoms with E-state index in [1.165, 1.54) is 15.9 Å². The molecule has 7 heteroatoms. The molecule has 2 unspecified atom stereocenters. The Balaban J connectivity index is 1.47. The molecule has 3 amide bonds. The average molecular weight is 397 g/mol. The van der Waals surface area contributed by atoms with E-state index in [9.17, 15) is 19.1 Å². The third-order valence-corrected chi connectivity index (χ3v) is 6.04. The molecule has 2 atom stereocenters. The molecule has 1 saturated carbocycles. The summed E-state index contributed by atoms with van der Waals surface area (Å²) in [6.07, 6.45) is 1.90. The van der Waals surface area contributed by atoms with Crippen molar-refractivity contribution in [2.24, 2.45) is 0 Å². The number of benzene rings is 1. The average Bonchev–Trinajstić information content (AvgIpc) is 2.75. The first-order chi connectivity index (χ1) is 11.5. The van der Waals surface area contributed by atoms with Crippen molar-refractivity contribution in [3.05, 3.63) is 34.1 Å². The number of piperidine rings is 1. The number of amides is 3. The van der Waals surface area contributed by atoms with Crippen molar-refractivity contribution in [3.8, 4) is 0 Å².